The SMILES string of the molecule is CC12COC3(C(=O)NCc4cccnc4)CC1CCC32C. The van der Waals surface area contributed by atoms with E-state index in [1.807, 2.05) is 12.1 Å². The third-order valence-corrected chi connectivity index (χ3v) is 6.74. The molecule has 4 rings (SSSR count). The first-order valence-corrected chi connectivity index (χ1v) is 7.83. The van der Waals surface area contributed by atoms with Crippen LogP contribution < -0.4 is 5.32 Å². The summed E-state index contributed by atoms with van der Waals surface area (Å²) in [5.74, 6) is 0.708. The zero-order chi connectivity index (χ0) is 14.7. The van der Waals surface area contributed by atoms with Crippen LogP contribution in [0.15, 0.2) is 24.5 Å². The monoisotopic (exact) mass is 286 g/mol. The molecule has 4 bridgehead atoms. The highest BCUT2D eigenvalue weighted by Gasteiger charge is 2.78. The van der Waals surface area contributed by atoms with Gasteiger partial charge in [0.15, 0.2) is 5.60 Å². The molecule has 4 heteroatoms. The van der Waals surface area contributed by atoms with Crippen LogP contribution in [0.5, 0.6) is 0 Å². The van der Waals surface area contributed by atoms with E-state index >= 15 is 0 Å². The van der Waals surface area contributed by atoms with E-state index in [2.05, 4.69) is 24.1 Å². The second-order valence-corrected chi connectivity index (χ2v) is 7.35. The van der Waals surface area contributed by atoms with Crippen molar-refractivity contribution in [1.82, 2.24) is 10.3 Å². The van der Waals surface area contributed by atoms with Gasteiger partial charge in [-0.3, -0.25) is 9.78 Å². The Kier molecular flexibility index (Phi) is 2.57. The van der Waals surface area contributed by atoms with Gasteiger partial charge in [-0.05, 0) is 36.8 Å². The molecule has 1 saturated heterocycles. The fourth-order valence-electron chi connectivity index (χ4n) is 5.09. The number of ether oxygens (including phenoxy) is 1. The zero-order valence-electron chi connectivity index (χ0n) is 12.7. The number of nitrogens with one attached hydrogen (secondary N) is 1. The van der Waals surface area contributed by atoms with E-state index in [1.54, 1.807) is 12.4 Å². The molecule has 2 heterocycles. The fourth-order valence-corrected chi connectivity index (χ4v) is 5.09. The van der Waals surface area contributed by atoms with E-state index in [4.69, 9.17) is 4.74 Å². The zero-order valence-corrected chi connectivity index (χ0v) is 12.7. The lowest BCUT2D eigenvalue weighted by atomic mass is 9.66. The molecule has 21 heavy (non-hydrogen) atoms. The maximum atomic E-state index is 12.9. The number of amides is 1. The van der Waals surface area contributed by atoms with Gasteiger partial charge in [0.1, 0.15) is 0 Å². The highest BCUT2D eigenvalue weighted by Crippen LogP contribution is 2.74. The van der Waals surface area contributed by atoms with Gasteiger partial charge in [-0.2, -0.15) is 0 Å². The maximum Gasteiger partial charge on any atom is 0.253 e. The molecule has 1 N–H and O–H groups in total. The van der Waals surface area contributed by atoms with Crippen LogP contribution in [0.25, 0.3) is 0 Å². The van der Waals surface area contributed by atoms with E-state index < -0.39 is 5.60 Å². The normalized spacial score (nSPS) is 43.2. The van der Waals surface area contributed by atoms with Gasteiger partial charge in [0.2, 0.25) is 0 Å². The topological polar surface area (TPSA) is 51.2 Å². The summed E-state index contributed by atoms with van der Waals surface area (Å²) in [6, 6.07) is 3.87. The van der Waals surface area contributed by atoms with Gasteiger partial charge in [-0.15, -0.1) is 0 Å². The first-order chi connectivity index (χ1) is 10.0. The quantitative estimate of drug-likeness (QED) is 0.927. The average molecular weight is 286 g/mol. The van der Waals surface area contributed by atoms with E-state index in [-0.39, 0.29) is 16.7 Å². The van der Waals surface area contributed by atoms with Gasteiger partial charge < -0.3 is 10.1 Å². The lowest BCUT2D eigenvalue weighted by Gasteiger charge is -2.40. The third kappa shape index (κ3) is 1.44. The Bertz CT molecular complexity index is 590. The molecule has 4 atom stereocenters. The van der Waals surface area contributed by atoms with Crippen molar-refractivity contribution >= 4 is 5.91 Å². The van der Waals surface area contributed by atoms with Crippen LogP contribution in [-0.2, 0) is 16.1 Å². The number of hydrogen-bond acceptors (Lipinski definition) is 3. The predicted molar refractivity (Wildman–Crippen MR) is 78.3 cm³/mol. The molecule has 112 valence electrons. The molecule has 1 aromatic heterocycles. The predicted octanol–water partition coefficient (Wildman–Crippen LogP) is 2.29. The van der Waals surface area contributed by atoms with Crippen LogP contribution in [0.2, 0.25) is 0 Å². The fraction of sp³-hybridized carbons (Fsp3) is 0.647. The van der Waals surface area contributed by atoms with Gasteiger partial charge in [0.05, 0.1) is 6.61 Å². The van der Waals surface area contributed by atoms with Crippen molar-refractivity contribution in [1.29, 1.82) is 0 Å². The Morgan fingerprint density at radius 1 is 1.52 bits per heavy atom. The van der Waals surface area contributed by atoms with Crippen molar-refractivity contribution in [3.05, 3.63) is 30.1 Å². The van der Waals surface area contributed by atoms with E-state index in [0.717, 1.165) is 25.0 Å². The van der Waals surface area contributed by atoms with Gasteiger partial charge in [0, 0.05) is 29.8 Å². The van der Waals surface area contributed by atoms with Crippen LogP contribution in [0, 0.1) is 16.7 Å². The lowest BCUT2D eigenvalue weighted by Crippen LogP contribution is -2.55. The van der Waals surface area contributed by atoms with Crippen molar-refractivity contribution < 1.29 is 9.53 Å². The summed E-state index contributed by atoms with van der Waals surface area (Å²) >= 11 is 0. The summed E-state index contributed by atoms with van der Waals surface area (Å²) in [6.45, 7) is 5.83. The first kappa shape index (κ1) is 13.3. The number of carbonyl (C=O) groups is 1. The van der Waals surface area contributed by atoms with Gasteiger partial charge >= 0.3 is 0 Å². The van der Waals surface area contributed by atoms with Crippen molar-refractivity contribution in [2.75, 3.05) is 6.61 Å². The van der Waals surface area contributed by atoms with Gasteiger partial charge in [0.25, 0.3) is 5.91 Å². The molecular weight excluding hydrogens is 264 g/mol. The number of pyridine rings is 1. The Labute approximate surface area is 125 Å². The van der Waals surface area contributed by atoms with Crippen molar-refractivity contribution in [2.24, 2.45) is 16.7 Å². The minimum absolute atomic E-state index is 0.0102. The second kappa shape index (κ2) is 4.07. The molecule has 1 aromatic rings. The molecule has 0 aromatic carbocycles. The molecule has 3 aliphatic rings. The largest absolute Gasteiger partial charge is 0.364 e. The molecule has 4 unspecified atom stereocenters. The lowest BCUT2D eigenvalue weighted by molar-refractivity contribution is -0.155. The van der Waals surface area contributed by atoms with Crippen molar-refractivity contribution in [3.8, 4) is 0 Å². The molecule has 1 aliphatic heterocycles. The summed E-state index contributed by atoms with van der Waals surface area (Å²) in [4.78, 5) is 17.0. The molecule has 0 radical (unpaired) electrons. The highest BCUT2D eigenvalue weighted by atomic mass is 16.5. The molecule has 4 nitrogen and oxygen atoms in total. The standard InChI is InChI=1S/C17H22N2O2/c1-15-11-21-17(8-13(15)5-6-16(15,17)2)14(20)19-10-12-4-3-7-18-9-12/h3-4,7,9,13H,5-6,8,10-11H2,1-2H3,(H,19,20). The minimum atomic E-state index is -0.604. The number of aromatic nitrogens is 1. The third-order valence-electron chi connectivity index (χ3n) is 6.74. The number of hydrogen-bond donors (Lipinski definition) is 1. The van der Waals surface area contributed by atoms with Gasteiger partial charge in [-0.25, -0.2) is 0 Å². The number of nitrogens with zero attached hydrogens (tertiary/aromatic N) is 1. The van der Waals surface area contributed by atoms with Crippen LogP contribution >= 0.6 is 0 Å². The summed E-state index contributed by atoms with van der Waals surface area (Å²) in [6.07, 6.45) is 6.77. The molecular formula is C17H22N2O2. The van der Waals surface area contributed by atoms with E-state index in [9.17, 15) is 4.79 Å². The molecule has 1 amide bonds. The Hall–Kier alpha value is -1.42. The van der Waals surface area contributed by atoms with Crippen LogP contribution in [-0.4, -0.2) is 23.1 Å². The second-order valence-electron chi connectivity index (χ2n) is 7.35. The van der Waals surface area contributed by atoms with Gasteiger partial charge in [-0.1, -0.05) is 19.9 Å². The average Bonchev–Trinajstić information content (AvgIpc) is 2.97. The van der Waals surface area contributed by atoms with Crippen LogP contribution in [0.3, 0.4) is 0 Å². The van der Waals surface area contributed by atoms with E-state index in [1.165, 1.54) is 6.42 Å². The number of rotatable bonds is 3. The Morgan fingerprint density at radius 3 is 3.05 bits per heavy atom. The Balaban J connectivity index is 1.55. The van der Waals surface area contributed by atoms with Crippen LogP contribution in [0.1, 0.15) is 38.7 Å². The molecule has 2 aliphatic carbocycles. The highest BCUT2D eigenvalue weighted by molar-refractivity contribution is 5.88. The maximum absolute atomic E-state index is 12.9. The van der Waals surface area contributed by atoms with Crippen molar-refractivity contribution in [2.45, 2.75) is 45.3 Å². The summed E-state index contributed by atoms with van der Waals surface area (Å²) < 4.78 is 6.10. The molecule has 0 spiro atoms. The van der Waals surface area contributed by atoms with Crippen LogP contribution in [0.4, 0.5) is 0 Å². The molecule has 3 fully saturated rings. The summed E-state index contributed by atoms with van der Waals surface area (Å²) in [7, 11) is 0. The van der Waals surface area contributed by atoms with E-state index in [0.29, 0.717) is 12.5 Å². The summed E-state index contributed by atoms with van der Waals surface area (Å²) in [5.41, 5.74) is 0.589. The molecule has 2 saturated carbocycles. The smallest absolute Gasteiger partial charge is 0.253 e. The summed E-state index contributed by atoms with van der Waals surface area (Å²) in [5, 5.41) is 3.08. The first-order valence-electron chi connectivity index (χ1n) is 7.83. The Morgan fingerprint density at radius 2 is 2.38 bits per heavy atom. The number of carbonyl (C=O) groups excluding carboxylic acids is 1. The minimum Gasteiger partial charge on any atom is -0.364 e. The van der Waals surface area contributed by atoms with Crippen molar-refractivity contribution in [3.63, 3.8) is 0 Å².